The lowest BCUT2D eigenvalue weighted by Gasteiger charge is -2.05. The maximum absolute atomic E-state index is 11.5. The Morgan fingerprint density at radius 2 is 2.18 bits per heavy atom. The Hall–Kier alpha value is -2.04. The van der Waals surface area contributed by atoms with Crippen molar-refractivity contribution in [2.24, 2.45) is 5.92 Å². The van der Waals surface area contributed by atoms with E-state index in [-0.39, 0.29) is 5.56 Å². The molecule has 0 aromatic carbocycles. The van der Waals surface area contributed by atoms with Gasteiger partial charge in [0.25, 0.3) is 5.56 Å². The van der Waals surface area contributed by atoms with Gasteiger partial charge in [-0.1, -0.05) is 13.8 Å². The largest absolute Gasteiger partial charge is 0.305 e. The molecule has 0 spiro atoms. The SMILES string of the molecule is CC(C)Cc1cc(=O)[nH]c(-c2cnccn2)n1. The third-order valence-corrected chi connectivity index (χ3v) is 2.22. The van der Waals surface area contributed by atoms with Crippen molar-refractivity contribution in [3.05, 3.63) is 40.7 Å². The predicted molar refractivity (Wildman–Crippen MR) is 64.4 cm³/mol. The van der Waals surface area contributed by atoms with Crippen LogP contribution in [0.5, 0.6) is 0 Å². The molecule has 0 bridgehead atoms. The first kappa shape index (κ1) is 11.4. The van der Waals surface area contributed by atoms with Crippen LogP contribution in [-0.2, 0) is 6.42 Å². The van der Waals surface area contributed by atoms with Crippen molar-refractivity contribution in [3.8, 4) is 11.5 Å². The smallest absolute Gasteiger partial charge is 0.251 e. The number of aromatic nitrogens is 4. The maximum atomic E-state index is 11.5. The molecule has 2 aromatic rings. The fourth-order valence-electron chi connectivity index (χ4n) is 1.57. The number of aromatic amines is 1. The van der Waals surface area contributed by atoms with Crippen LogP contribution in [0.15, 0.2) is 29.5 Å². The molecule has 5 nitrogen and oxygen atoms in total. The van der Waals surface area contributed by atoms with E-state index in [0.717, 1.165) is 12.1 Å². The molecule has 0 fully saturated rings. The minimum absolute atomic E-state index is 0.156. The molecule has 0 amide bonds. The summed E-state index contributed by atoms with van der Waals surface area (Å²) < 4.78 is 0. The number of nitrogens with zero attached hydrogens (tertiary/aromatic N) is 3. The predicted octanol–water partition coefficient (Wildman–Crippen LogP) is 1.43. The summed E-state index contributed by atoms with van der Waals surface area (Å²) >= 11 is 0. The number of hydrogen-bond acceptors (Lipinski definition) is 4. The van der Waals surface area contributed by atoms with E-state index in [4.69, 9.17) is 0 Å². The third-order valence-electron chi connectivity index (χ3n) is 2.22. The van der Waals surface area contributed by atoms with E-state index in [2.05, 4.69) is 33.8 Å². The van der Waals surface area contributed by atoms with E-state index < -0.39 is 0 Å². The second-order valence-electron chi connectivity index (χ2n) is 4.27. The average Bonchev–Trinajstić information content (AvgIpc) is 2.28. The van der Waals surface area contributed by atoms with Crippen molar-refractivity contribution in [1.82, 2.24) is 19.9 Å². The van der Waals surface area contributed by atoms with Crippen LogP contribution in [0.1, 0.15) is 19.5 Å². The highest BCUT2D eigenvalue weighted by Crippen LogP contribution is 2.10. The lowest BCUT2D eigenvalue weighted by Crippen LogP contribution is -2.12. The molecule has 88 valence electrons. The van der Waals surface area contributed by atoms with Gasteiger partial charge in [0.05, 0.1) is 6.20 Å². The molecule has 0 aliphatic carbocycles. The number of nitrogens with one attached hydrogen (secondary N) is 1. The summed E-state index contributed by atoms with van der Waals surface area (Å²) in [5.41, 5.74) is 1.20. The van der Waals surface area contributed by atoms with Crippen LogP contribution >= 0.6 is 0 Å². The fourth-order valence-corrected chi connectivity index (χ4v) is 1.57. The standard InChI is InChI=1S/C12H14N4O/c1-8(2)5-9-6-11(17)16-12(15-9)10-7-13-3-4-14-10/h3-4,6-8H,5H2,1-2H3,(H,15,16,17). The van der Waals surface area contributed by atoms with Gasteiger partial charge in [-0.25, -0.2) is 9.97 Å². The molecule has 2 heterocycles. The van der Waals surface area contributed by atoms with Crippen molar-refractivity contribution in [3.63, 3.8) is 0 Å². The highest BCUT2D eigenvalue weighted by molar-refractivity contribution is 5.46. The van der Waals surface area contributed by atoms with Crippen molar-refractivity contribution in [2.75, 3.05) is 0 Å². The zero-order chi connectivity index (χ0) is 12.3. The molecule has 0 aliphatic heterocycles. The first-order chi connectivity index (χ1) is 8.15. The molecule has 0 saturated carbocycles. The van der Waals surface area contributed by atoms with E-state index in [0.29, 0.717) is 17.4 Å². The van der Waals surface area contributed by atoms with Crippen LogP contribution in [-0.4, -0.2) is 19.9 Å². The highest BCUT2D eigenvalue weighted by atomic mass is 16.1. The zero-order valence-corrected chi connectivity index (χ0v) is 9.84. The van der Waals surface area contributed by atoms with Gasteiger partial charge in [0, 0.05) is 24.2 Å². The lowest BCUT2D eigenvalue weighted by molar-refractivity contribution is 0.633. The van der Waals surface area contributed by atoms with Crippen LogP contribution in [0.4, 0.5) is 0 Å². The summed E-state index contributed by atoms with van der Waals surface area (Å²) in [6, 6.07) is 1.53. The fraction of sp³-hybridized carbons (Fsp3) is 0.333. The first-order valence-corrected chi connectivity index (χ1v) is 5.52. The summed E-state index contributed by atoms with van der Waals surface area (Å²) in [5.74, 6) is 0.931. The van der Waals surface area contributed by atoms with Crippen LogP contribution < -0.4 is 5.56 Å². The lowest BCUT2D eigenvalue weighted by atomic mass is 10.1. The van der Waals surface area contributed by atoms with Crippen molar-refractivity contribution in [2.45, 2.75) is 20.3 Å². The Balaban J connectivity index is 2.42. The Morgan fingerprint density at radius 3 is 2.82 bits per heavy atom. The first-order valence-electron chi connectivity index (χ1n) is 5.52. The zero-order valence-electron chi connectivity index (χ0n) is 9.84. The van der Waals surface area contributed by atoms with Gasteiger partial charge in [-0.2, -0.15) is 0 Å². The Labute approximate surface area is 99.0 Å². The van der Waals surface area contributed by atoms with E-state index in [1.807, 2.05) is 0 Å². The van der Waals surface area contributed by atoms with E-state index in [1.54, 1.807) is 18.6 Å². The Morgan fingerprint density at radius 1 is 1.35 bits per heavy atom. The summed E-state index contributed by atoms with van der Waals surface area (Å²) in [4.78, 5) is 26.6. The van der Waals surface area contributed by atoms with Gasteiger partial charge in [-0.05, 0) is 12.3 Å². The molecule has 2 rings (SSSR count). The summed E-state index contributed by atoms with van der Waals surface area (Å²) in [6.07, 6.45) is 5.51. The Bertz CT molecular complexity index is 548. The third kappa shape index (κ3) is 2.96. The van der Waals surface area contributed by atoms with E-state index in [9.17, 15) is 4.79 Å². The van der Waals surface area contributed by atoms with E-state index >= 15 is 0 Å². The number of rotatable bonds is 3. The molecule has 1 N–H and O–H groups in total. The van der Waals surface area contributed by atoms with Gasteiger partial charge < -0.3 is 4.98 Å². The van der Waals surface area contributed by atoms with Crippen molar-refractivity contribution in [1.29, 1.82) is 0 Å². The minimum Gasteiger partial charge on any atom is -0.305 e. The van der Waals surface area contributed by atoms with Gasteiger partial charge in [0.1, 0.15) is 5.69 Å². The molecule has 0 aliphatic rings. The molecule has 17 heavy (non-hydrogen) atoms. The molecular formula is C12H14N4O. The molecule has 2 aromatic heterocycles. The maximum Gasteiger partial charge on any atom is 0.251 e. The average molecular weight is 230 g/mol. The molecule has 5 heteroatoms. The van der Waals surface area contributed by atoms with Crippen molar-refractivity contribution < 1.29 is 0 Å². The molecule has 0 atom stereocenters. The summed E-state index contributed by atoms with van der Waals surface area (Å²) in [6.45, 7) is 4.18. The van der Waals surface area contributed by atoms with Gasteiger partial charge in [0.15, 0.2) is 5.82 Å². The molecule has 0 saturated heterocycles. The second-order valence-corrected chi connectivity index (χ2v) is 4.27. The van der Waals surface area contributed by atoms with Crippen LogP contribution in [0.2, 0.25) is 0 Å². The quantitative estimate of drug-likeness (QED) is 0.865. The second kappa shape index (κ2) is 4.86. The van der Waals surface area contributed by atoms with Crippen LogP contribution in [0, 0.1) is 5.92 Å². The summed E-state index contributed by atoms with van der Waals surface area (Å²) in [7, 11) is 0. The van der Waals surface area contributed by atoms with Crippen LogP contribution in [0.25, 0.3) is 11.5 Å². The number of H-pyrrole nitrogens is 1. The topological polar surface area (TPSA) is 71.5 Å². The number of hydrogen-bond donors (Lipinski definition) is 1. The van der Waals surface area contributed by atoms with Crippen molar-refractivity contribution >= 4 is 0 Å². The van der Waals surface area contributed by atoms with Gasteiger partial charge in [-0.3, -0.25) is 9.78 Å². The minimum atomic E-state index is -0.156. The highest BCUT2D eigenvalue weighted by Gasteiger charge is 2.06. The van der Waals surface area contributed by atoms with Gasteiger partial charge in [0.2, 0.25) is 0 Å². The monoisotopic (exact) mass is 230 g/mol. The van der Waals surface area contributed by atoms with Gasteiger partial charge in [-0.15, -0.1) is 0 Å². The Kier molecular flexibility index (Phi) is 3.27. The summed E-state index contributed by atoms with van der Waals surface area (Å²) in [5, 5.41) is 0. The van der Waals surface area contributed by atoms with E-state index in [1.165, 1.54) is 6.07 Å². The molecular weight excluding hydrogens is 216 g/mol. The molecule has 0 radical (unpaired) electrons. The normalized spacial score (nSPS) is 10.8. The van der Waals surface area contributed by atoms with Crippen LogP contribution in [0.3, 0.4) is 0 Å². The van der Waals surface area contributed by atoms with Gasteiger partial charge >= 0.3 is 0 Å². The molecule has 0 unspecified atom stereocenters.